The molecule has 1 aromatic heterocycles. The predicted molar refractivity (Wildman–Crippen MR) is 58.7 cm³/mol. The van der Waals surface area contributed by atoms with E-state index in [1.807, 2.05) is 0 Å². The topological polar surface area (TPSA) is 68.3 Å². The number of nitrogens with one attached hydrogen (secondary N) is 1. The summed E-state index contributed by atoms with van der Waals surface area (Å²) in [6.45, 7) is 5.09. The summed E-state index contributed by atoms with van der Waals surface area (Å²) >= 11 is 0. The van der Waals surface area contributed by atoms with E-state index in [4.69, 9.17) is 4.74 Å². The van der Waals surface area contributed by atoms with E-state index in [0.29, 0.717) is 5.69 Å². The van der Waals surface area contributed by atoms with Crippen molar-refractivity contribution in [3.8, 4) is 0 Å². The van der Waals surface area contributed by atoms with Crippen LogP contribution in [0.3, 0.4) is 0 Å². The number of carbonyl (C=O) groups is 2. The molecule has 0 bridgehead atoms. The predicted octanol–water partition coefficient (Wildman–Crippen LogP) is 1.36. The van der Waals surface area contributed by atoms with Crippen molar-refractivity contribution < 1.29 is 14.3 Å². The fourth-order valence-electron chi connectivity index (χ4n) is 0.943. The largest absolute Gasteiger partial charge is 0.453 e. The maximum atomic E-state index is 11.4. The van der Waals surface area contributed by atoms with Crippen LogP contribution in [-0.2, 0) is 14.3 Å². The van der Waals surface area contributed by atoms with E-state index < -0.39 is 17.5 Å². The minimum atomic E-state index is -0.906. The van der Waals surface area contributed by atoms with Crippen molar-refractivity contribution in [2.45, 2.75) is 26.4 Å². The number of hydrogen-bond donors (Lipinski definition) is 1. The van der Waals surface area contributed by atoms with Crippen LogP contribution in [0.25, 0.3) is 0 Å². The van der Waals surface area contributed by atoms with Crippen molar-refractivity contribution >= 4 is 17.6 Å². The van der Waals surface area contributed by atoms with Crippen LogP contribution >= 0.6 is 0 Å². The molecular weight excluding hydrogens is 208 g/mol. The summed E-state index contributed by atoms with van der Waals surface area (Å²) < 4.78 is 4.90. The number of esters is 1. The third kappa shape index (κ3) is 4.08. The van der Waals surface area contributed by atoms with Crippen molar-refractivity contribution in [1.82, 2.24) is 4.98 Å². The highest BCUT2D eigenvalue weighted by molar-refractivity contribution is 6.37. The van der Waals surface area contributed by atoms with Gasteiger partial charge in [-0.25, -0.2) is 4.79 Å². The molecule has 0 spiro atoms. The number of aromatic nitrogens is 1. The Labute approximate surface area is 93.8 Å². The lowest BCUT2D eigenvalue weighted by molar-refractivity contribution is -0.161. The number of amides is 1. The molecule has 0 saturated heterocycles. The number of rotatable bonds is 1. The lowest BCUT2D eigenvalue weighted by atomic mass is 10.2. The Morgan fingerprint density at radius 2 is 2.06 bits per heavy atom. The van der Waals surface area contributed by atoms with Gasteiger partial charge >= 0.3 is 11.9 Å². The van der Waals surface area contributed by atoms with Gasteiger partial charge in [0.15, 0.2) is 0 Å². The van der Waals surface area contributed by atoms with E-state index in [9.17, 15) is 9.59 Å². The van der Waals surface area contributed by atoms with Crippen molar-refractivity contribution in [3.63, 3.8) is 0 Å². The van der Waals surface area contributed by atoms with Crippen LogP contribution < -0.4 is 5.32 Å². The number of anilines is 1. The average molecular weight is 222 g/mol. The van der Waals surface area contributed by atoms with Crippen LogP contribution in [0.2, 0.25) is 0 Å². The summed E-state index contributed by atoms with van der Waals surface area (Å²) in [5.74, 6) is -1.71. The lowest BCUT2D eigenvalue weighted by Gasteiger charge is -2.18. The molecule has 1 amide bonds. The van der Waals surface area contributed by atoms with Gasteiger partial charge in [0.05, 0.1) is 11.9 Å². The first-order chi connectivity index (χ1) is 7.38. The summed E-state index contributed by atoms with van der Waals surface area (Å²) in [7, 11) is 0. The van der Waals surface area contributed by atoms with E-state index in [1.165, 1.54) is 6.20 Å². The van der Waals surface area contributed by atoms with E-state index in [2.05, 4.69) is 10.3 Å². The molecule has 1 heterocycles. The van der Waals surface area contributed by atoms with Crippen molar-refractivity contribution in [2.24, 2.45) is 0 Å². The second-order valence-electron chi connectivity index (χ2n) is 4.20. The summed E-state index contributed by atoms with van der Waals surface area (Å²) in [6.07, 6.45) is 3.02. The number of ether oxygens (including phenoxy) is 1. The van der Waals surface area contributed by atoms with Gasteiger partial charge in [-0.1, -0.05) is 0 Å². The fourth-order valence-corrected chi connectivity index (χ4v) is 0.943. The molecule has 16 heavy (non-hydrogen) atoms. The fraction of sp³-hybridized carbons (Fsp3) is 0.364. The van der Waals surface area contributed by atoms with E-state index >= 15 is 0 Å². The molecule has 5 heteroatoms. The molecular formula is C11H14N2O3. The average Bonchev–Trinajstić information content (AvgIpc) is 2.16. The summed E-state index contributed by atoms with van der Waals surface area (Å²) in [5.41, 5.74) is -0.220. The van der Waals surface area contributed by atoms with Crippen LogP contribution in [0.1, 0.15) is 20.8 Å². The molecule has 0 aliphatic rings. The normalized spacial score (nSPS) is 10.7. The first kappa shape index (κ1) is 12.2. The van der Waals surface area contributed by atoms with Gasteiger partial charge in [0, 0.05) is 6.20 Å². The third-order valence-corrected chi connectivity index (χ3v) is 1.50. The number of hydrogen-bond acceptors (Lipinski definition) is 4. The maximum absolute atomic E-state index is 11.4. The first-order valence-electron chi connectivity index (χ1n) is 4.83. The Balaban J connectivity index is 2.57. The van der Waals surface area contributed by atoms with Gasteiger partial charge in [0.2, 0.25) is 0 Å². The highest BCUT2D eigenvalue weighted by Gasteiger charge is 2.22. The molecule has 0 atom stereocenters. The smallest absolute Gasteiger partial charge is 0.397 e. The molecule has 5 nitrogen and oxygen atoms in total. The SMILES string of the molecule is CC(C)(C)OC(=O)C(=O)Nc1cccnc1. The van der Waals surface area contributed by atoms with Gasteiger partial charge in [0.25, 0.3) is 0 Å². The minimum absolute atomic E-state index is 0.457. The quantitative estimate of drug-likeness (QED) is 0.575. The third-order valence-electron chi connectivity index (χ3n) is 1.50. The summed E-state index contributed by atoms with van der Waals surface area (Å²) in [4.78, 5) is 26.5. The minimum Gasteiger partial charge on any atom is -0.453 e. The Morgan fingerprint density at radius 1 is 1.38 bits per heavy atom. The Morgan fingerprint density at radius 3 is 2.56 bits per heavy atom. The van der Waals surface area contributed by atoms with Gasteiger partial charge in [0.1, 0.15) is 5.60 Å². The maximum Gasteiger partial charge on any atom is 0.397 e. The molecule has 0 aliphatic carbocycles. The monoisotopic (exact) mass is 222 g/mol. The van der Waals surface area contributed by atoms with Crippen LogP contribution in [0.4, 0.5) is 5.69 Å². The standard InChI is InChI=1S/C11H14N2O3/c1-11(2,3)16-10(15)9(14)13-8-5-4-6-12-7-8/h4-7H,1-3H3,(H,13,14). The molecule has 1 N–H and O–H groups in total. The van der Waals surface area contributed by atoms with Crippen LogP contribution in [0.5, 0.6) is 0 Å². The molecule has 1 aromatic rings. The molecule has 0 radical (unpaired) electrons. The molecule has 1 rings (SSSR count). The summed E-state index contributed by atoms with van der Waals surface area (Å²) in [6, 6.07) is 3.29. The van der Waals surface area contributed by atoms with Gasteiger partial charge in [-0.3, -0.25) is 9.78 Å². The second-order valence-corrected chi connectivity index (χ2v) is 4.20. The van der Waals surface area contributed by atoms with Crippen molar-refractivity contribution in [2.75, 3.05) is 5.32 Å². The zero-order valence-electron chi connectivity index (χ0n) is 9.48. The van der Waals surface area contributed by atoms with Crippen LogP contribution in [0, 0.1) is 0 Å². The lowest BCUT2D eigenvalue weighted by Crippen LogP contribution is -2.32. The molecule has 0 unspecified atom stereocenters. The summed E-state index contributed by atoms with van der Waals surface area (Å²) in [5, 5.41) is 2.39. The molecule has 86 valence electrons. The molecule has 0 saturated carbocycles. The van der Waals surface area contributed by atoms with Crippen LogP contribution in [-0.4, -0.2) is 22.5 Å². The van der Waals surface area contributed by atoms with Gasteiger partial charge in [-0.05, 0) is 32.9 Å². The Hall–Kier alpha value is -1.91. The number of carbonyl (C=O) groups excluding carboxylic acids is 2. The highest BCUT2D eigenvalue weighted by atomic mass is 16.6. The van der Waals surface area contributed by atoms with Crippen molar-refractivity contribution in [1.29, 1.82) is 0 Å². The van der Waals surface area contributed by atoms with Crippen LogP contribution in [0.15, 0.2) is 24.5 Å². The first-order valence-corrected chi connectivity index (χ1v) is 4.83. The van der Waals surface area contributed by atoms with Gasteiger partial charge < -0.3 is 10.1 Å². The Kier molecular flexibility index (Phi) is 3.60. The van der Waals surface area contributed by atoms with Gasteiger partial charge in [-0.2, -0.15) is 0 Å². The zero-order valence-corrected chi connectivity index (χ0v) is 9.48. The number of nitrogens with zero attached hydrogens (tertiary/aromatic N) is 1. The molecule has 0 aliphatic heterocycles. The zero-order chi connectivity index (χ0) is 12.2. The van der Waals surface area contributed by atoms with E-state index in [1.54, 1.807) is 39.1 Å². The highest BCUT2D eigenvalue weighted by Crippen LogP contribution is 2.08. The molecule has 0 fully saturated rings. The van der Waals surface area contributed by atoms with Gasteiger partial charge in [-0.15, -0.1) is 0 Å². The Bertz CT molecular complexity index is 382. The van der Waals surface area contributed by atoms with Crippen molar-refractivity contribution in [3.05, 3.63) is 24.5 Å². The van der Waals surface area contributed by atoms with E-state index in [-0.39, 0.29) is 0 Å². The molecule has 0 aromatic carbocycles. The number of pyridine rings is 1. The van der Waals surface area contributed by atoms with E-state index in [0.717, 1.165) is 0 Å². The second kappa shape index (κ2) is 4.74.